The number of nitrogens with zero attached hydrogens (tertiary/aromatic N) is 1. The Bertz CT molecular complexity index is 1710. The molecule has 0 radical (unpaired) electrons. The second-order valence-corrected chi connectivity index (χ2v) is 8.01. The Labute approximate surface area is 218 Å². The van der Waals surface area contributed by atoms with Gasteiger partial charge in [0, 0.05) is 22.4 Å². The summed E-state index contributed by atoms with van der Waals surface area (Å²) in [6.45, 7) is 0. The first-order chi connectivity index (χ1) is 17.6. The molecule has 0 atom stereocenters. The molecule has 2 aromatic heterocycles. The van der Waals surface area contributed by atoms with E-state index in [1.807, 2.05) is 78.9 Å². The number of anilines is 2. The lowest BCUT2D eigenvalue weighted by Crippen LogP contribution is -2.20. The maximum absolute atomic E-state index is 12.9. The average molecular weight is 511 g/mol. The number of benzene rings is 4. The second-order valence-electron chi connectivity index (χ2n) is 8.01. The van der Waals surface area contributed by atoms with Crippen LogP contribution in [0.15, 0.2) is 135 Å². The van der Waals surface area contributed by atoms with Crippen molar-refractivity contribution in [2.24, 2.45) is 0 Å². The number of para-hydroxylation sites is 4. The van der Waals surface area contributed by atoms with Gasteiger partial charge in [-0.05, 0) is 48.5 Å². The van der Waals surface area contributed by atoms with Crippen LogP contribution in [-0.2, 0) is 0 Å². The summed E-state index contributed by atoms with van der Waals surface area (Å²) in [4.78, 5) is 24.5. The Hall–Kier alpha value is -5.17. The highest BCUT2D eigenvalue weighted by atomic mass is 19.0. The van der Waals surface area contributed by atoms with Crippen LogP contribution in [0.1, 0.15) is 7.43 Å². The fourth-order valence-electron chi connectivity index (χ4n) is 4.00. The first kappa shape index (κ1) is 27.4. The van der Waals surface area contributed by atoms with Crippen LogP contribution in [0.2, 0.25) is 0 Å². The molecule has 7 heteroatoms. The number of aromatic hydroxyl groups is 1. The highest BCUT2D eigenvalue weighted by molar-refractivity contribution is 6.04. The lowest BCUT2D eigenvalue weighted by atomic mass is 10.1. The smallest absolute Gasteiger partial charge is 0.339 e. The molecule has 0 unspecified atom stereocenters. The molecule has 0 aliphatic carbocycles. The van der Waals surface area contributed by atoms with Crippen molar-refractivity contribution in [3.8, 4) is 11.4 Å². The van der Waals surface area contributed by atoms with Crippen LogP contribution >= 0.6 is 0 Å². The monoisotopic (exact) mass is 510 g/mol. The van der Waals surface area contributed by atoms with Gasteiger partial charge in [-0.15, -0.1) is 0 Å². The van der Waals surface area contributed by atoms with Crippen molar-refractivity contribution in [1.82, 2.24) is 4.57 Å². The minimum atomic E-state index is -0.697. The number of nitrogens with one attached hydrogen (secondary N) is 1. The van der Waals surface area contributed by atoms with Crippen LogP contribution in [0.5, 0.6) is 5.75 Å². The van der Waals surface area contributed by atoms with Crippen LogP contribution in [-0.4, -0.2) is 9.67 Å². The van der Waals surface area contributed by atoms with Gasteiger partial charge in [-0.25, -0.2) is 4.79 Å². The lowest BCUT2D eigenvalue weighted by Gasteiger charge is -2.12. The zero-order valence-electron chi connectivity index (χ0n) is 19.6. The van der Waals surface area contributed by atoms with Crippen LogP contribution < -0.4 is 16.5 Å². The topological polar surface area (TPSA) is 84.5 Å². The fraction of sp³-hybridized carbons (Fsp3) is 0.0323. The molecule has 4 aromatic carbocycles. The Morgan fingerprint density at radius 3 is 1.76 bits per heavy atom. The highest BCUT2D eigenvalue weighted by Gasteiger charge is 2.17. The van der Waals surface area contributed by atoms with Crippen LogP contribution in [0.3, 0.4) is 0 Å². The van der Waals surface area contributed by atoms with Gasteiger partial charge in [0.1, 0.15) is 11.1 Å². The van der Waals surface area contributed by atoms with E-state index < -0.39 is 11.2 Å². The van der Waals surface area contributed by atoms with E-state index in [0.717, 1.165) is 17.4 Å². The number of fused-ring (bicyclic) bond motifs is 3. The van der Waals surface area contributed by atoms with Gasteiger partial charge in [0.15, 0.2) is 5.58 Å². The summed E-state index contributed by atoms with van der Waals surface area (Å²) in [5.74, 6) is -0.378. The maximum atomic E-state index is 12.9. The van der Waals surface area contributed by atoms with Gasteiger partial charge in [0.2, 0.25) is 0 Å². The zero-order valence-corrected chi connectivity index (χ0v) is 19.6. The van der Waals surface area contributed by atoms with E-state index in [0.29, 0.717) is 16.6 Å². The van der Waals surface area contributed by atoms with Crippen molar-refractivity contribution in [2.75, 3.05) is 5.32 Å². The summed E-state index contributed by atoms with van der Waals surface area (Å²) in [5.41, 5.74) is 2.47. The Morgan fingerprint density at radius 2 is 1.18 bits per heavy atom. The Morgan fingerprint density at radius 1 is 0.684 bits per heavy atom. The van der Waals surface area contributed by atoms with E-state index in [4.69, 9.17) is 4.42 Å². The van der Waals surface area contributed by atoms with E-state index in [1.165, 1.54) is 4.57 Å². The molecule has 0 saturated carbocycles. The van der Waals surface area contributed by atoms with Crippen LogP contribution in [0.25, 0.3) is 27.6 Å². The molecule has 6 aromatic rings. The molecule has 0 bridgehead atoms. The van der Waals surface area contributed by atoms with Crippen molar-refractivity contribution in [1.29, 1.82) is 0 Å². The number of rotatable bonds is 3. The first-order valence-electron chi connectivity index (χ1n) is 11.3. The van der Waals surface area contributed by atoms with Gasteiger partial charge in [0.25, 0.3) is 5.56 Å². The maximum Gasteiger partial charge on any atom is 0.339 e. The lowest BCUT2D eigenvalue weighted by molar-refractivity contribution is 0.467. The van der Waals surface area contributed by atoms with Gasteiger partial charge in [-0.3, -0.25) is 14.1 Å². The molecule has 0 saturated heterocycles. The molecule has 0 fully saturated rings. The highest BCUT2D eigenvalue weighted by Crippen LogP contribution is 2.28. The standard InChI is InChI=1S/C18H11NO4.C12H11N.CH4.FH/c20-14-10-15(21)23-17-12-8-4-5-9-13(12)19(18(22)16(14)17)11-6-2-1-3-7-11;1-3-7-11(8-4-1)13-12-9-5-2-6-10-12;;/h1-10,20H;1-10,13H;1H4;1H. The van der Waals surface area contributed by atoms with E-state index in [-0.39, 0.29) is 28.8 Å². The molecule has 0 aliphatic heterocycles. The molecule has 192 valence electrons. The van der Waals surface area contributed by atoms with Gasteiger partial charge in [-0.2, -0.15) is 0 Å². The van der Waals surface area contributed by atoms with Crippen molar-refractivity contribution >= 4 is 33.2 Å². The zero-order chi connectivity index (χ0) is 24.9. The second kappa shape index (κ2) is 12.2. The van der Waals surface area contributed by atoms with E-state index in [1.54, 1.807) is 36.4 Å². The van der Waals surface area contributed by atoms with Crippen LogP contribution in [0.4, 0.5) is 16.1 Å². The van der Waals surface area contributed by atoms with Gasteiger partial charge < -0.3 is 14.8 Å². The van der Waals surface area contributed by atoms with Crippen molar-refractivity contribution in [3.63, 3.8) is 0 Å². The summed E-state index contributed by atoms with van der Waals surface area (Å²) in [6, 6.07) is 37.4. The van der Waals surface area contributed by atoms with Crippen LogP contribution in [0, 0.1) is 0 Å². The summed E-state index contributed by atoms with van der Waals surface area (Å²) >= 11 is 0. The van der Waals surface area contributed by atoms with E-state index in [2.05, 4.69) is 5.32 Å². The third kappa shape index (κ3) is 5.63. The number of pyridine rings is 1. The molecule has 2 heterocycles. The molecular formula is C31H27FN2O4. The fourth-order valence-corrected chi connectivity index (χ4v) is 4.00. The number of hydrogen-bond donors (Lipinski definition) is 2. The van der Waals surface area contributed by atoms with Crippen molar-refractivity contribution in [2.45, 2.75) is 7.43 Å². The quantitative estimate of drug-likeness (QED) is 0.250. The minimum Gasteiger partial charge on any atom is -0.507 e. The number of halogens is 1. The number of aromatic nitrogens is 1. The molecular weight excluding hydrogens is 483 g/mol. The molecule has 6 rings (SSSR count). The molecule has 0 spiro atoms. The van der Waals surface area contributed by atoms with Gasteiger partial charge in [0.05, 0.1) is 11.6 Å². The third-order valence-electron chi connectivity index (χ3n) is 5.60. The van der Waals surface area contributed by atoms with Gasteiger partial charge >= 0.3 is 5.63 Å². The van der Waals surface area contributed by atoms with E-state index in [9.17, 15) is 14.7 Å². The Balaban J connectivity index is 0.000000229. The molecule has 0 aliphatic rings. The average Bonchev–Trinajstić information content (AvgIpc) is 2.91. The first-order valence-corrected chi connectivity index (χ1v) is 11.3. The summed E-state index contributed by atoms with van der Waals surface area (Å²) in [7, 11) is 0. The summed E-state index contributed by atoms with van der Waals surface area (Å²) in [5, 5.41) is 14.0. The summed E-state index contributed by atoms with van der Waals surface area (Å²) in [6.07, 6.45) is 0. The normalized spacial score (nSPS) is 10.0. The van der Waals surface area contributed by atoms with Crippen molar-refractivity contribution < 1.29 is 14.2 Å². The third-order valence-corrected chi connectivity index (χ3v) is 5.60. The van der Waals surface area contributed by atoms with Gasteiger partial charge in [-0.1, -0.05) is 74.2 Å². The molecule has 6 nitrogen and oxygen atoms in total. The minimum absolute atomic E-state index is 0. The predicted octanol–water partition coefficient (Wildman–Crippen LogP) is 7.02. The summed E-state index contributed by atoms with van der Waals surface area (Å²) < 4.78 is 6.70. The SMILES string of the molecule is C.F.O=c1cc(O)c2c(=O)n(-c3ccccc3)c3ccccc3c2o1.c1ccc(Nc2ccccc2)cc1. The molecule has 0 amide bonds. The largest absolute Gasteiger partial charge is 0.507 e. The van der Waals surface area contributed by atoms with E-state index >= 15 is 0 Å². The Kier molecular flexibility index (Phi) is 8.79. The molecule has 2 N–H and O–H groups in total. The predicted molar refractivity (Wildman–Crippen MR) is 153 cm³/mol. The number of hydrogen-bond acceptors (Lipinski definition) is 5. The van der Waals surface area contributed by atoms with Crippen molar-refractivity contribution in [3.05, 3.63) is 142 Å². The molecule has 38 heavy (non-hydrogen) atoms.